The molecule has 3 nitrogen and oxygen atoms in total. The summed E-state index contributed by atoms with van der Waals surface area (Å²) in [4.78, 5) is 0. The maximum atomic E-state index is 9.22. The Morgan fingerprint density at radius 3 is 2.64 bits per heavy atom. The normalized spacial score (nSPS) is 29.8. The lowest BCUT2D eigenvalue weighted by Gasteiger charge is -2.24. The minimum atomic E-state index is 0.224. The van der Waals surface area contributed by atoms with E-state index in [2.05, 4.69) is 26.1 Å². The van der Waals surface area contributed by atoms with Crippen LogP contribution in [-0.2, 0) is 4.74 Å². The molecule has 14 heavy (non-hydrogen) atoms. The van der Waals surface area contributed by atoms with Gasteiger partial charge in [-0.1, -0.05) is 13.8 Å². The molecule has 0 aromatic heterocycles. The lowest BCUT2D eigenvalue weighted by Crippen LogP contribution is -2.44. The van der Waals surface area contributed by atoms with Crippen molar-refractivity contribution in [1.82, 2.24) is 5.32 Å². The van der Waals surface area contributed by atoms with Crippen LogP contribution in [0.1, 0.15) is 33.6 Å². The zero-order chi connectivity index (χ0) is 10.6. The first-order valence-electron chi connectivity index (χ1n) is 5.62. The van der Waals surface area contributed by atoms with Gasteiger partial charge in [-0.05, 0) is 25.7 Å². The van der Waals surface area contributed by atoms with Crippen molar-refractivity contribution in [3.05, 3.63) is 0 Å². The Bertz CT molecular complexity index is 161. The number of hydrogen-bond donors (Lipinski definition) is 2. The molecule has 0 radical (unpaired) electrons. The van der Waals surface area contributed by atoms with E-state index in [-0.39, 0.29) is 18.8 Å². The minimum Gasteiger partial charge on any atom is -0.395 e. The molecule has 1 aliphatic heterocycles. The Morgan fingerprint density at radius 2 is 2.21 bits per heavy atom. The second kappa shape index (κ2) is 5.69. The van der Waals surface area contributed by atoms with Crippen LogP contribution in [0, 0.1) is 5.92 Å². The average Bonchev–Trinajstić information content (AvgIpc) is 2.50. The van der Waals surface area contributed by atoms with E-state index in [4.69, 9.17) is 4.74 Å². The molecule has 1 heterocycles. The molecule has 3 atom stereocenters. The number of rotatable bonds is 5. The second-order valence-corrected chi connectivity index (χ2v) is 4.65. The summed E-state index contributed by atoms with van der Waals surface area (Å²) in [6.45, 7) is 7.52. The number of aliphatic hydroxyl groups is 1. The molecule has 1 aliphatic rings. The van der Waals surface area contributed by atoms with E-state index in [1.54, 1.807) is 0 Å². The van der Waals surface area contributed by atoms with Crippen molar-refractivity contribution in [3.63, 3.8) is 0 Å². The van der Waals surface area contributed by atoms with Crippen molar-refractivity contribution < 1.29 is 9.84 Å². The van der Waals surface area contributed by atoms with Crippen molar-refractivity contribution in [2.45, 2.75) is 51.8 Å². The third-order valence-corrected chi connectivity index (χ3v) is 2.80. The molecule has 0 spiro atoms. The third-order valence-electron chi connectivity index (χ3n) is 2.80. The van der Waals surface area contributed by atoms with Crippen LogP contribution >= 0.6 is 0 Å². The second-order valence-electron chi connectivity index (χ2n) is 4.65. The maximum absolute atomic E-state index is 9.22. The quantitative estimate of drug-likeness (QED) is 0.701. The summed E-state index contributed by atoms with van der Waals surface area (Å²) in [5.41, 5.74) is 0. The molecule has 1 rings (SSSR count). The first kappa shape index (κ1) is 12.0. The molecule has 0 amide bonds. The first-order valence-corrected chi connectivity index (χ1v) is 5.62. The summed E-state index contributed by atoms with van der Waals surface area (Å²) in [6, 6.07) is 0.648. The fraction of sp³-hybridized carbons (Fsp3) is 1.00. The van der Waals surface area contributed by atoms with Gasteiger partial charge in [0.1, 0.15) is 0 Å². The van der Waals surface area contributed by atoms with Gasteiger partial charge in [0, 0.05) is 18.7 Å². The van der Waals surface area contributed by atoms with Crippen LogP contribution in [0.25, 0.3) is 0 Å². The largest absolute Gasteiger partial charge is 0.395 e. The van der Waals surface area contributed by atoms with Crippen LogP contribution in [0.5, 0.6) is 0 Å². The summed E-state index contributed by atoms with van der Waals surface area (Å²) in [7, 11) is 0. The Labute approximate surface area is 86.8 Å². The fourth-order valence-corrected chi connectivity index (χ4v) is 2.02. The highest BCUT2D eigenvalue weighted by atomic mass is 16.5. The van der Waals surface area contributed by atoms with E-state index in [0.717, 1.165) is 19.4 Å². The Kier molecular flexibility index (Phi) is 4.85. The highest BCUT2D eigenvalue weighted by molar-refractivity contribution is 4.83. The van der Waals surface area contributed by atoms with E-state index in [9.17, 15) is 5.11 Å². The van der Waals surface area contributed by atoms with E-state index in [1.807, 2.05) is 0 Å². The van der Waals surface area contributed by atoms with Crippen LogP contribution in [0.15, 0.2) is 0 Å². The maximum Gasteiger partial charge on any atom is 0.0700 e. The van der Waals surface area contributed by atoms with Crippen molar-refractivity contribution in [3.8, 4) is 0 Å². The molecule has 84 valence electrons. The van der Waals surface area contributed by atoms with Crippen molar-refractivity contribution in [1.29, 1.82) is 0 Å². The van der Waals surface area contributed by atoms with Gasteiger partial charge in [-0.2, -0.15) is 0 Å². The molecule has 3 heteroatoms. The molecule has 0 saturated carbocycles. The standard InChI is InChI=1S/C11H23NO2/c1-8(2)6-10(7-13)12-11-4-5-14-9(11)3/h8-13H,4-7H2,1-3H3/t9-,10+,11+/m0/s1. The van der Waals surface area contributed by atoms with Gasteiger partial charge < -0.3 is 15.2 Å². The number of aliphatic hydroxyl groups excluding tert-OH is 1. The first-order chi connectivity index (χ1) is 6.63. The van der Waals surface area contributed by atoms with Gasteiger partial charge in [0.25, 0.3) is 0 Å². The highest BCUT2D eigenvalue weighted by Crippen LogP contribution is 2.15. The SMILES string of the molecule is CC(C)C[C@H](CO)N[C@@H]1CCO[C@H]1C. The number of ether oxygens (including phenoxy) is 1. The van der Waals surface area contributed by atoms with E-state index < -0.39 is 0 Å². The monoisotopic (exact) mass is 201 g/mol. The third kappa shape index (κ3) is 3.56. The van der Waals surface area contributed by atoms with Crippen molar-refractivity contribution >= 4 is 0 Å². The summed E-state index contributed by atoms with van der Waals surface area (Å²) in [5.74, 6) is 0.622. The van der Waals surface area contributed by atoms with E-state index in [1.165, 1.54) is 0 Å². The lowest BCUT2D eigenvalue weighted by atomic mass is 10.0. The molecule has 0 aromatic rings. The zero-order valence-corrected chi connectivity index (χ0v) is 9.49. The Morgan fingerprint density at radius 1 is 1.50 bits per heavy atom. The average molecular weight is 201 g/mol. The van der Waals surface area contributed by atoms with Gasteiger partial charge in [-0.3, -0.25) is 0 Å². The lowest BCUT2D eigenvalue weighted by molar-refractivity contribution is 0.106. The highest BCUT2D eigenvalue weighted by Gasteiger charge is 2.26. The zero-order valence-electron chi connectivity index (χ0n) is 9.49. The predicted molar refractivity (Wildman–Crippen MR) is 57.3 cm³/mol. The van der Waals surface area contributed by atoms with Gasteiger partial charge in [0.05, 0.1) is 12.7 Å². The summed E-state index contributed by atoms with van der Waals surface area (Å²) < 4.78 is 5.47. The van der Waals surface area contributed by atoms with E-state index in [0.29, 0.717) is 12.0 Å². The summed E-state index contributed by atoms with van der Waals surface area (Å²) >= 11 is 0. The topological polar surface area (TPSA) is 41.5 Å². The number of nitrogens with one attached hydrogen (secondary N) is 1. The van der Waals surface area contributed by atoms with Gasteiger partial charge >= 0.3 is 0 Å². The predicted octanol–water partition coefficient (Wildman–Crippen LogP) is 1.16. The van der Waals surface area contributed by atoms with Crippen molar-refractivity contribution in [2.75, 3.05) is 13.2 Å². The van der Waals surface area contributed by atoms with Crippen LogP contribution in [0.3, 0.4) is 0 Å². The fourth-order valence-electron chi connectivity index (χ4n) is 2.02. The molecule has 2 N–H and O–H groups in total. The molecule has 0 aromatic carbocycles. The van der Waals surface area contributed by atoms with Gasteiger partial charge in [-0.15, -0.1) is 0 Å². The van der Waals surface area contributed by atoms with Gasteiger partial charge in [-0.25, -0.2) is 0 Å². The molecular formula is C11H23NO2. The summed E-state index contributed by atoms with van der Waals surface area (Å²) in [6.07, 6.45) is 2.38. The van der Waals surface area contributed by atoms with Crippen LogP contribution in [-0.4, -0.2) is 36.5 Å². The van der Waals surface area contributed by atoms with Gasteiger partial charge in [0.15, 0.2) is 0 Å². The number of hydrogen-bond acceptors (Lipinski definition) is 3. The van der Waals surface area contributed by atoms with Crippen LogP contribution in [0.2, 0.25) is 0 Å². The molecule has 1 fully saturated rings. The van der Waals surface area contributed by atoms with Gasteiger partial charge in [0.2, 0.25) is 0 Å². The molecule has 1 saturated heterocycles. The Hall–Kier alpha value is -0.120. The smallest absolute Gasteiger partial charge is 0.0700 e. The van der Waals surface area contributed by atoms with Crippen molar-refractivity contribution in [2.24, 2.45) is 5.92 Å². The molecule has 0 unspecified atom stereocenters. The van der Waals surface area contributed by atoms with Crippen LogP contribution < -0.4 is 5.32 Å². The summed E-state index contributed by atoms with van der Waals surface area (Å²) in [5, 5.41) is 12.7. The van der Waals surface area contributed by atoms with Crippen LogP contribution in [0.4, 0.5) is 0 Å². The minimum absolute atomic E-state index is 0.224. The molecule has 0 bridgehead atoms. The Balaban J connectivity index is 2.31. The molecular weight excluding hydrogens is 178 g/mol. The molecule has 0 aliphatic carbocycles. The van der Waals surface area contributed by atoms with E-state index >= 15 is 0 Å².